The van der Waals surface area contributed by atoms with Crippen LogP contribution in [0.2, 0.25) is 0 Å². The monoisotopic (exact) mass is 237 g/mol. The van der Waals surface area contributed by atoms with Gasteiger partial charge in [-0.2, -0.15) is 0 Å². The van der Waals surface area contributed by atoms with Gasteiger partial charge in [-0.05, 0) is 6.42 Å². The van der Waals surface area contributed by atoms with Gasteiger partial charge in [0, 0.05) is 12.5 Å². The number of hydrogen-bond donors (Lipinski definition) is 3. The number of carbonyl (C=O) groups excluding carboxylic acids is 1. The van der Waals surface area contributed by atoms with Crippen LogP contribution in [0.1, 0.15) is 49.4 Å². The highest BCUT2D eigenvalue weighted by Gasteiger charge is 2.15. The number of carbonyl (C=O) groups is 1. The molecule has 0 saturated heterocycles. The molecule has 0 aliphatic carbocycles. The molecule has 1 heterocycles. The van der Waals surface area contributed by atoms with Gasteiger partial charge in [0.15, 0.2) is 5.69 Å². The first-order valence-electron chi connectivity index (χ1n) is 5.71. The SMILES string of the molecule is CCCNC(=O)c1nc(C(C)C)ncc1NN. The average Bonchev–Trinajstić information content (AvgIpc) is 2.34. The third kappa shape index (κ3) is 3.39. The van der Waals surface area contributed by atoms with Crippen molar-refractivity contribution in [2.24, 2.45) is 5.84 Å². The molecule has 1 amide bonds. The van der Waals surface area contributed by atoms with Crippen molar-refractivity contribution < 1.29 is 4.79 Å². The highest BCUT2D eigenvalue weighted by Crippen LogP contribution is 2.15. The summed E-state index contributed by atoms with van der Waals surface area (Å²) in [4.78, 5) is 20.2. The summed E-state index contributed by atoms with van der Waals surface area (Å²) in [7, 11) is 0. The third-order valence-electron chi connectivity index (χ3n) is 2.23. The zero-order valence-corrected chi connectivity index (χ0v) is 10.4. The number of nitrogen functional groups attached to an aromatic ring is 1. The molecule has 1 aromatic rings. The van der Waals surface area contributed by atoms with Crippen LogP contribution in [0.3, 0.4) is 0 Å². The summed E-state index contributed by atoms with van der Waals surface area (Å²) in [6.45, 7) is 6.54. The summed E-state index contributed by atoms with van der Waals surface area (Å²) in [5.41, 5.74) is 3.16. The predicted molar refractivity (Wildman–Crippen MR) is 66.6 cm³/mol. The minimum absolute atomic E-state index is 0.166. The van der Waals surface area contributed by atoms with Crippen LogP contribution in [-0.4, -0.2) is 22.4 Å². The van der Waals surface area contributed by atoms with Crippen molar-refractivity contribution in [3.05, 3.63) is 17.7 Å². The van der Waals surface area contributed by atoms with Gasteiger partial charge in [-0.1, -0.05) is 20.8 Å². The molecule has 17 heavy (non-hydrogen) atoms. The van der Waals surface area contributed by atoms with E-state index in [-0.39, 0.29) is 11.8 Å². The van der Waals surface area contributed by atoms with E-state index in [0.717, 1.165) is 6.42 Å². The van der Waals surface area contributed by atoms with E-state index in [1.165, 1.54) is 6.20 Å². The van der Waals surface area contributed by atoms with Crippen LogP contribution in [0.15, 0.2) is 6.20 Å². The van der Waals surface area contributed by atoms with Crippen molar-refractivity contribution in [1.82, 2.24) is 15.3 Å². The second-order valence-electron chi connectivity index (χ2n) is 4.05. The van der Waals surface area contributed by atoms with Crippen molar-refractivity contribution >= 4 is 11.6 Å². The largest absolute Gasteiger partial charge is 0.351 e. The fourth-order valence-corrected chi connectivity index (χ4v) is 1.27. The van der Waals surface area contributed by atoms with Crippen LogP contribution >= 0.6 is 0 Å². The summed E-state index contributed by atoms with van der Waals surface area (Å²) < 4.78 is 0. The predicted octanol–water partition coefficient (Wildman–Crippen LogP) is 1.03. The van der Waals surface area contributed by atoms with E-state index >= 15 is 0 Å². The molecule has 0 atom stereocenters. The van der Waals surface area contributed by atoms with Crippen LogP contribution in [0.25, 0.3) is 0 Å². The molecule has 6 nitrogen and oxygen atoms in total. The highest BCUT2D eigenvalue weighted by molar-refractivity contribution is 5.97. The van der Waals surface area contributed by atoms with Gasteiger partial charge in [-0.15, -0.1) is 0 Å². The molecule has 0 aliphatic rings. The van der Waals surface area contributed by atoms with E-state index in [0.29, 0.717) is 23.8 Å². The summed E-state index contributed by atoms with van der Waals surface area (Å²) in [5, 5.41) is 2.76. The number of nitrogens with two attached hydrogens (primary N) is 1. The van der Waals surface area contributed by atoms with Crippen LogP contribution in [-0.2, 0) is 0 Å². The number of hydrogen-bond acceptors (Lipinski definition) is 5. The Kier molecular flexibility index (Phi) is 4.84. The van der Waals surface area contributed by atoms with E-state index < -0.39 is 0 Å². The molecule has 0 aliphatic heterocycles. The molecule has 0 bridgehead atoms. The molecule has 94 valence electrons. The average molecular weight is 237 g/mol. The Morgan fingerprint density at radius 1 is 1.53 bits per heavy atom. The zero-order valence-electron chi connectivity index (χ0n) is 10.4. The Morgan fingerprint density at radius 2 is 2.24 bits per heavy atom. The number of anilines is 1. The lowest BCUT2D eigenvalue weighted by molar-refractivity contribution is 0.0949. The van der Waals surface area contributed by atoms with Crippen molar-refractivity contribution in [3.63, 3.8) is 0 Å². The smallest absolute Gasteiger partial charge is 0.272 e. The second kappa shape index (κ2) is 6.15. The van der Waals surface area contributed by atoms with Gasteiger partial charge in [-0.3, -0.25) is 10.6 Å². The summed E-state index contributed by atoms with van der Waals surface area (Å²) in [6, 6.07) is 0. The Balaban J connectivity index is 3.01. The second-order valence-corrected chi connectivity index (χ2v) is 4.05. The van der Waals surface area contributed by atoms with Crippen LogP contribution < -0.4 is 16.6 Å². The lowest BCUT2D eigenvalue weighted by Crippen LogP contribution is -2.27. The lowest BCUT2D eigenvalue weighted by Gasteiger charge is -2.10. The zero-order chi connectivity index (χ0) is 12.8. The molecule has 6 heteroatoms. The molecule has 0 saturated carbocycles. The topological polar surface area (TPSA) is 92.9 Å². The van der Waals surface area contributed by atoms with Gasteiger partial charge in [-0.25, -0.2) is 9.97 Å². The Labute approximate surface area is 101 Å². The van der Waals surface area contributed by atoms with E-state index in [9.17, 15) is 4.79 Å². The summed E-state index contributed by atoms with van der Waals surface area (Å²) in [6.07, 6.45) is 2.41. The van der Waals surface area contributed by atoms with E-state index in [1.54, 1.807) is 0 Å². The van der Waals surface area contributed by atoms with E-state index in [2.05, 4.69) is 20.7 Å². The van der Waals surface area contributed by atoms with Crippen molar-refractivity contribution in [3.8, 4) is 0 Å². The van der Waals surface area contributed by atoms with Gasteiger partial charge >= 0.3 is 0 Å². The molecule has 0 aromatic carbocycles. The maximum atomic E-state index is 11.9. The molecular weight excluding hydrogens is 218 g/mol. The molecule has 0 fully saturated rings. The fourth-order valence-electron chi connectivity index (χ4n) is 1.27. The number of nitrogens with one attached hydrogen (secondary N) is 2. The van der Waals surface area contributed by atoms with Gasteiger partial charge in [0.2, 0.25) is 0 Å². The number of aromatic nitrogens is 2. The lowest BCUT2D eigenvalue weighted by atomic mass is 10.2. The quantitative estimate of drug-likeness (QED) is 0.525. The highest BCUT2D eigenvalue weighted by atomic mass is 16.1. The maximum absolute atomic E-state index is 11.9. The summed E-state index contributed by atoms with van der Waals surface area (Å²) >= 11 is 0. The Morgan fingerprint density at radius 3 is 2.76 bits per heavy atom. The molecule has 1 rings (SSSR count). The third-order valence-corrected chi connectivity index (χ3v) is 2.23. The molecule has 0 radical (unpaired) electrons. The molecule has 1 aromatic heterocycles. The molecule has 4 N–H and O–H groups in total. The standard InChI is InChI=1S/C11H19N5O/c1-4-5-13-11(17)9-8(16-12)6-14-10(15-9)7(2)3/h6-7,16H,4-5,12H2,1-3H3,(H,13,17). The summed E-state index contributed by atoms with van der Waals surface area (Å²) in [5.74, 6) is 5.90. The van der Waals surface area contributed by atoms with Crippen molar-refractivity contribution in [2.75, 3.05) is 12.0 Å². The minimum atomic E-state index is -0.232. The fraction of sp³-hybridized carbons (Fsp3) is 0.545. The van der Waals surface area contributed by atoms with Gasteiger partial charge < -0.3 is 10.7 Å². The van der Waals surface area contributed by atoms with Crippen LogP contribution in [0.4, 0.5) is 5.69 Å². The Bertz CT molecular complexity index is 391. The van der Waals surface area contributed by atoms with Crippen LogP contribution in [0, 0.1) is 0 Å². The molecule has 0 unspecified atom stereocenters. The van der Waals surface area contributed by atoms with Gasteiger partial charge in [0.1, 0.15) is 5.82 Å². The van der Waals surface area contributed by atoms with Gasteiger partial charge in [0.05, 0.1) is 11.9 Å². The normalized spacial score (nSPS) is 10.4. The minimum Gasteiger partial charge on any atom is -0.351 e. The first-order chi connectivity index (χ1) is 8.10. The van der Waals surface area contributed by atoms with Crippen LogP contribution in [0.5, 0.6) is 0 Å². The maximum Gasteiger partial charge on any atom is 0.272 e. The number of nitrogens with zero attached hydrogens (tertiary/aromatic N) is 2. The van der Waals surface area contributed by atoms with E-state index in [4.69, 9.17) is 5.84 Å². The Hall–Kier alpha value is -1.69. The molecular formula is C11H19N5O. The van der Waals surface area contributed by atoms with Gasteiger partial charge in [0.25, 0.3) is 5.91 Å². The number of amides is 1. The van der Waals surface area contributed by atoms with Crippen molar-refractivity contribution in [2.45, 2.75) is 33.1 Å². The number of hydrazine groups is 1. The molecule has 0 spiro atoms. The van der Waals surface area contributed by atoms with Crippen molar-refractivity contribution in [1.29, 1.82) is 0 Å². The first-order valence-corrected chi connectivity index (χ1v) is 5.71. The van der Waals surface area contributed by atoms with E-state index in [1.807, 2.05) is 20.8 Å². The first kappa shape index (κ1) is 13.4. The number of rotatable bonds is 5.